The maximum absolute atomic E-state index is 8.53. The van der Waals surface area contributed by atoms with E-state index in [4.69, 9.17) is 5.26 Å². The normalized spacial score (nSPS) is 27.7. The summed E-state index contributed by atoms with van der Waals surface area (Å²) in [5.41, 5.74) is 1.27. The molecule has 3 unspecified atom stereocenters. The fourth-order valence-electron chi connectivity index (χ4n) is 3.49. The van der Waals surface area contributed by atoms with E-state index in [2.05, 4.69) is 19.7 Å². The average molecular weight is 323 g/mol. The first-order valence-corrected chi connectivity index (χ1v) is 9.64. The Labute approximate surface area is 135 Å². The predicted octanol–water partition coefficient (Wildman–Crippen LogP) is 3.52. The lowest BCUT2D eigenvalue weighted by molar-refractivity contribution is 0.269. The molecule has 0 N–H and O–H groups in total. The van der Waals surface area contributed by atoms with Gasteiger partial charge in [0.2, 0.25) is 0 Å². The minimum Gasteiger partial charge on any atom is -0.302 e. The summed E-state index contributed by atoms with van der Waals surface area (Å²) in [4.78, 5) is 2.59. The van der Waals surface area contributed by atoms with E-state index in [0.29, 0.717) is 12.3 Å². The van der Waals surface area contributed by atoms with Crippen molar-refractivity contribution >= 4 is 23.5 Å². The Bertz CT molecular complexity index is 496. The number of aromatic nitrogens is 2. The van der Waals surface area contributed by atoms with Crippen molar-refractivity contribution in [2.45, 2.75) is 49.5 Å². The Morgan fingerprint density at radius 2 is 2.24 bits per heavy atom. The molecule has 114 valence electrons. The number of hydrogen-bond donors (Lipinski definition) is 0. The minimum atomic E-state index is 0.618. The van der Waals surface area contributed by atoms with Gasteiger partial charge in [0, 0.05) is 25.4 Å². The largest absolute Gasteiger partial charge is 0.302 e. The van der Waals surface area contributed by atoms with Crippen LogP contribution in [0.2, 0.25) is 0 Å². The Balaban J connectivity index is 1.51. The first-order valence-electron chi connectivity index (χ1n) is 7.93. The van der Waals surface area contributed by atoms with E-state index in [9.17, 15) is 0 Å². The summed E-state index contributed by atoms with van der Waals surface area (Å²) < 4.78 is 9.16. The molecule has 6 heteroatoms. The van der Waals surface area contributed by atoms with Crippen molar-refractivity contribution in [3.05, 3.63) is 5.69 Å². The van der Waals surface area contributed by atoms with Gasteiger partial charge in [-0.25, -0.2) is 0 Å². The van der Waals surface area contributed by atoms with Crippen molar-refractivity contribution in [3.8, 4) is 6.07 Å². The third-order valence-electron chi connectivity index (χ3n) is 4.57. The van der Waals surface area contributed by atoms with Gasteiger partial charge in [-0.05, 0) is 43.9 Å². The smallest absolute Gasteiger partial charge is 0.134 e. The molecule has 0 radical (unpaired) electrons. The molecule has 0 aromatic carbocycles. The molecule has 2 bridgehead atoms. The van der Waals surface area contributed by atoms with E-state index >= 15 is 0 Å². The van der Waals surface area contributed by atoms with Crippen molar-refractivity contribution in [3.63, 3.8) is 0 Å². The lowest BCUT2D eigenvalue weighted by Gasteiger charge is -2.21. The van der Waals surface area contributed by atoms with Gasteiger partial charge in [-0.3, -0.25) is 0 Å². The standard InChI is InChI=1S/C15H22N4S2/c16-7-3-1-2-4-9-20-15-14(17-21-18-15)13-11-19-8-5-6-12(13)10-19/h12-13H,1-6,8-11H2. The van der Waals surface area contributed by atoms with Crippen molar-refractivity contribution in [1.29, 1.82) is 5.26 Å². The van der Waals surface area contributed by atoms with Crippen LogP contribution in [0.4, 0.5) is 0 Å². The molecule has 0 saturated carbocycles. The fourth-order valence-corrected chi connectivity index (χ4v) is 5.26. The van der Waals surface area contributed by atoms with Crippen LogP contribution in [-0.2, 0) is 0 Å². The molecule has 1 aromatic rings. The predicted molar refractivity (Wildman–Crippen MR) is 86.6 cm³/mol. The van der Waals surface area contributed by atoms with Gasteiger partial charge in [0.05, 0.1) is 23.5 Å². The van der Waals surface area contributed by atoms with Crippen LogP contribution in [0.5, 0.6) is 0 Å². The van der Waals surface area contributed by atoms with Crippen molar-refractivity contribution in [2.75, 3.05) is 25.4 Å². The molecule has 1 aromatic heterocycles. The zero-order chi connectivity index (χ0) is 14.5. The summed E-state index contributed by atoms with van der Waals surface area (Å²) in [5, 5.41) is 9.71. The molecule has 0 aliphatic carbocycles. The summed E-state index contributed by atoms with van der Waals surface area (Å²) in [7, 11) is 0. The van der Waals surface area contributed by atoms with Crippen LogP contribution in [0.1, 0.15) is 50.1 Å². The van der Waals surface area contributed by atoms with Gasteiger partial charge in [0.25, 0.3) is 0 Å². The van der Waals surface area contributed by atoms with Gasteiger partial charge in [-0.1, -0.05) is 6.42 Å². The lowest BCUT2D eigenvalue weighted by atomic mass is 9.89. The third-order valence-corrected chi connectivity index (χ3v) is 6.30. The van der Waals surface area contributed by atoms with E-state index in [0.717, 1.165) is 24.5 Å². The van der Waals surface area contributed by atoms with Crippen LogP contribution >= 0.6 is 23.5 Å². The van der Waals surface area contributed by atoms with Crippen LogP contribution in [0.3, 0.4) is 0 Å². The summed E-state index contributed by atoms with van der Waals surface area (Å²) in [6.45, 7) is 3.72. The topological polar surface area (TPSA) is 52.8 Å². The molecule has 21 heavy (non-hydrogen) atoms. The first-order chi connectivity index (χ1) is 10.4. The molecular formula is C15H22N4S2. The van der Waals surface area contributed by atoms with E-state index in [1.54, 1.807) is 0 Å². The SMILES string of the molecule is N#CCCCCCSc1nsnc1C1CN2CCCC1C2. The lowest BCUT2D eigenvalue weighted by Crippen LogP contribution is -2.25. The van der Waals surface area contributed by atoms with Crippen LogP contribution in [0.15, 0.2) is 5.03 Å². The van der Waals surface area contributed by atoms with E-state index in [1.165, 1.54) is 61.3 Å². The zero-order valence-corrected chi connectivity index (χ0v) is 14.0. The molecular weight excluding hydrogens is 300 g/mol. The van der Waals surface area contributed by atoms with E-state index < -0.39 is 0 Å². The highest BCUT2D eigenvalue weighted by Gasteiger charge is 2.38. The number of nitriles is 1. The average Bonchev–Trinajstić information content (AvgIpc) is 3.07. The summed E-state index contributed by atoms with van der Waals surface area (Å²) >= 11 is 3.24. The molecule has 3 heterocycles. The quantitative estimate of drug-likeness (QED) is 0.568. The maximum Gasteiger partial charge on any atom is 0.134 e. The van der Waals surface area contributed by atoms with Gasteiger partial charge in [0.15, 0.2) is 0 Å². The van der Waals surface area contributed by atoms with Gasteiger partial charge >= 0.3 is 0 Å². The Kier molecular flexibility index (Phi) is 5.50. The van der Waals surface area contributed by atoms with E-state index in [-0.39, 0.29) is 0 Å². The highest BCUT2D eigenvalue weighted by molar-refractivity contribution is 7.99. The van der Waals surface area contributed by atoms with Gasteiger partial charge in [-0.2, -0.15) is 14.0 Å². The molecule has 2 saturated heterocycles. The number of unbranched alkanes of at least 4 members (excludes halogenated alkanes) is 3. The Hall–Kier alpha value is -0.640. The number of hydrogen-bond acceptors (Lipinski definition) is 6. The fraction of sp³-hybridized carbons (Fsp3) is 0.800. The number of fused-ring (bicyclic) bond motifs is 2. The van der Waals surface area contributed by atoms with Gasteiger partial charge < -0.3 is 4.90 Å². The van der Waals surface area contributed by atoms with Crippen LogP contribution in [0, 0.1) is 17.2 Å². The van der Waals surface area contributed by atoms with Crippen molar-refractivity contribution in [1.82, 2.24) is 13.6 Å². The Morgan fingerprint density at radius 1 is 1.29 bits per heavy atom. The molecule has 2 fully saturated rings. The molecule has 3 rings (SSSR count). The van der Waals surface area contributed by atoms with Crippen LogP contribution in [-0.4, -0.2) is 39.0 Å². The second kappa shape index (κ2) is 7.57. The van der Waals surface area contributed by atoms with Gasteiger partial charge in [-0.15, -0.1) is 11.8 Å². The van der Waals surface area contributed by atoms with Crippen LogP contribution in [0.25, 0.3) is 0 Å². The van der Waals surface area contributed by atoms with Crippen molar-refractivity contribution < 1.29 is 0 Å². The Morgan fingerprint density at radius 3 is 3.10 bits per heavy atom. The summed E-state index contributed by atoms with van der Waals surface area (Å²) in [6.07, 6.45) is 6.74. The summed E-state index contributed by atoms with van der Waals surface area (Å²) in [5.74, 6) is 2.52. The number of thioether (sulfide) groups is 1. The highest BCUT2D eigenvalue weighted by atomic mass is 32.2. The summed E-state index contributed by atoms with van der Waals surface area (Å²) in [6, 6.07) is 2.21. The zero-order valence-electron chi connectivity index (χ0n) is 12.3. The number of piperidine rings is 1. The first kappa shape index (κ1) is 15.3. The molecule has 3 atom stereocenters. The second-order valence-electron chi connectivity index (χ2n) is 6.04. The number of rotatable bonds is 7. The van der Waals surface area contributed by atoms with E-state index in [1.807, 2.05) is 11.8 Å². The monoisotopic (exact) mass is 322 g/mol. The molecule has 0 amide bonds. The van der Waals surface area contributed by atoms with Gasteiger partial charge in [0.1, 0.15) is 5.03 Å². The van der Waals surface area contributed by atoms with Crippen LogP contribution < -0.4 is 0 Å². The maximum atomic E-state index is 8.53. The molecule has 0 spiro atoms. The number of nitrogens with zero attached hydrogens (tertiary/aromatic N) is 4. The third kappa shape index (κ3) is 3.77. The second-order valence-corrected chi connectivity index (χ2v) is 7.65. The van der Waals surface area contributed by atoms with Crippen molar-refractivity contribution in [2.24, 2.45) is 5.92 Å². The molecule has 2 aliphatic heterocycles. The molecule has 2 aliphatic rings. The minimum absolute atomic E-state index is 0.618. The highest BCUT2D eigenvalue weighted by Crippen LogP contribution is 2.41. The molecule has 4 nitrogen and oxygen atoms in total.